The summed E-state index contributed by atoms with van der Waals surface area (Å²) in [5.41, 5.74) is 1.21. The van der Waals surface area contributed by atoms with Gasteiger partial charge in [0.15, 0.2) is 0 Å². The molecule has 0 bridgehead atoms. The average molecular weight is 398 g/mol. The Bertz CT molecular complexity index is 704. The zero-order valence-electron chi connectivity index (χ0n) is 17.9. The van der Waals surface area contributed by atoms with Gasteiger partial charge in [-0.1, -0.05) is 12.2 Å². The number of nitrogens with zero attached hydrogens (tertiary/aromatic N) is 5. The average Bonchev–Trinajstić information content (AvgIpc) is 3.00. The van der Waals surface area contributed by atoms with E-state index in [1.807, 2.05) is 12.4 Å². The molecule has 4 heterocycles. The summed E-state index contributed by atoms with van der Waals surface area (Å²) < 4.78 is 6.09. The molecule has 1 aromatic heterocycles. The van der Waals surface area contributed by atoms with Crippen molar-refractivity contribution >= 4 is 5.69 Å². The molecule has 0 N–H and O–H groups in total. The van der Waals surface area contributed by atoms with Gasteiger partial charge in [-0.15, -0.1) is 0 Å². The van der Waals surface area contributed by atoms with Crippen LogP contribution in [0.15, 0.2) is 48.6 Å². The van der Waals surface area contributed by atoms with Crippen molar-refractivity contribution in [2.24, 2.45) is 0 Å². The number of allylic oxidation sites excluding steroid dienone is 2. The zero-order chi connectivity index (χ0) is 20.1. The molecule has 6 heteroatoms. The monoisotopic (exact) mass is 397 g/mol. The molecule has 3 aliphatic rings. The third-order valence-corrected chi connectivity index (χ3v) is 6.20. The Labute approximate surface area is 175 Å². The third-order valence-electron chi connectivity index (χ3n) is 6.20. The van der Waals surface area contributed by atoms with Gasteiger partial charge in [-0.05, 0) is 45.0 Å². The maximum absolute atomic E-state index is 6.09. The molecule has 0 aromatic carbocycles. The standard InChI is InChI=1S/C23H35N5O/c1-20(2)27-16-17-29-22(19-27)18-25-11-5-12-26(15-14-25)23-6-3-4-13-28(23)21-7-9-24-10-8-21/h3-4,6-10,20,22H,5,11-19H2,1-2H3/t22-/m1/s1. The summed E-state index contributed by atoms with van der Waals surface area (Å²) in [6, 6.07) is 4.79. The van der Waals surface area contributed by atoms with Crippen LogP contribution in [0.1, 0.15) is 20.3 Å². The minimum absolute atomic E-state index is 0.336. The van der Waals surface area contributed by atoms with Crippen molar-refractivity contribution in [3.8, 4) is 0 Å². The highest BCUT2D eigenvalue weighted by Crippen LogP contribution is 2.24. The molecule has 2 fully saturated rings. The molecule has 1 aromatic rings. The molecule has 4 rings (SSSR count). The van der Waals surface area contributed by atoms with E-state index in [0.717, 1.165) is 59.0 Å². The van der Waals surface area contributed by atoms with Gasteiger partial charge in [0, 0.05) is 69.9 Å². The highest BCUT2D eigenvalue weighted by molar-refractivity contribution is 5.53. The molecule has 0 saturated carbocycles. The van der Waals surface area contributed by atoms with Crippen LogP contribution in [0, 0.1) is 0 Å². The Hall–Kier alpha value is -1.89. The van der Waals surface area contributed by atoms with E-state index in [2.05, 4.69) is 68.8 Å². The van der Waals surface area contributed by atoms with Crippen LogP contribution < -0.4 is 4.90 Å². The lowest BCUT2D eigenvalue weighted by atomic mass is 10.2. The van der Waals surface area contributed by atoms with E-state index in [-0.39, 0.29) is 0 Å². The summed E-state index contributed by atoms with van der Waals surface area (Å²) in [6.07, 6.45) is 11.9. The summed E-state index contributed by atoms with van der Waals surface area (Å²) in [5.74, 6) is 1.31. The number of pyridine rings is 1. The number of aromatic nitrogens is 1. The number of ether oxygens (including phenoxy) is 1. The van der Waals surface area contributed by atoms with E-state index in [0.29, 0.717) is 12.1 Å². The molecule has 158 valence electrons. The van der Waals surface area contributed by atoms with E-state index < -0.39 is 0 Å². The highest BCUT2D eigenvalue weighted by Gasteiger charge is 2.26. The van der Waals surface area contributed by atoms with E-state index in [1.54, 1.807) is 0 Å². The first-order valence-electron chi connectivity index (χ1n) is 11.1. The Balaban J connectivity index is 1.36. The van der Waals surface area contributed by atoms with Crippen molar-refractivity contribution in [2.45, 2.75) is 32.4 Å². The molecular formula is C23H35N5O. The quantitative estimate of drug-likeness (QED) is 0.759. The van der Waals surface area contributed by atoms with Crippen LogP contribution in [-0.4, -0.2) is 90.8 Å². The molecule has 0 amide bonds. The summed E-state index contributed by atoms with van der Waals surface area (Å²) >= 11 is 0. The van der Waals surface area contributed by atoms with Crippen molar-refractivity contribution in [3.63, 3.8) is 0 Å². The van der Waals surface area contributed by atoms with Crippen LogP contribution in [0.5, 0.6) is 0 Å². The van der Waals surface area contributed by atoms with Crippen LogP contribution in [0.2, 0.25) is 0 Å². The van der Waals surface area contributed by atoms with E-state index in [4.69, 9.17) is 4.74 Å². The van der Waals surface area contributed by atoms with Gasteiger partial charge in [-0.25, -0.2) is 0 Å². The Morgan fingerprint density at radius 1 is 1.10 bits per heavy atom. The second-order valence-corrected chi connectivity index (χ2v) is 8.49. The number of hydrogen-bond acceptors (Lipinski definition) is 6. The van der Waals surface area contributed by atoms with E-state index in [9.17, 15) is 0 Å². The van der Waals surface area contributed by atoms with Crippen molar-refractivity contribution in [3.05, 3.63) is 48.6 Å². The predicted molar refractivity (Wildman–Crippen MR) is 118 cm³/mol. The largest absolute Gasteiger partial charge is 0.374 e. The van der Waals surface area contributed by atoms with Crippen molar-refractivity contribution in [1.29, 1.82) is 0 Å². The fourth-order valence-electron chi connectivity index (χ4n) is 4.53. The molecule has 6 nitrogen and oxygen atoms in total. The molecule has 0 aliphatic carbocycles. The fraction of sp³-hybridized carbons (Fsp3) is 0.609. The Morgan fingerprint density at radius 2 is 1.97 bits per heavy atom. The topological polar surface area (TPSA) is 35.1 Å². The minimum Gasteiger partial charge on any atom is -0.374 e. The molecule has 0 radical (unpaired) electrons. The van der Waals surface area contributed by atoms with Gasteiger partial charge in [-0.2, -0.15) is 0 Å². The smallest absolute Gasteiger partial charge is 0.109 e. The second kappa shape index (κ2) is 9.74. The highest BCUT2D eigenvalue weighted by atomic mass is 16.5. The van der Waals surface area contributed by atoms with E-state index >= 15 is 0 Å². The molecule has 1 atom stereocenters. The fourth-order valence-corrected chi connectivity index (χ4v) is 4.53. The second-order valence-electron chi connectivity index (χ2n) is 8.49. The van der Waals surface area contributed by atoms with Crippen molar-refractivity contribution in [1.82, 2.24) is 19.7 Å². The van der Waals surface area contributed by atoms with Crippen LogP contribution >= 0.6 is 0 Å². The summed E-state index contributed by atoms with van der Waals surface area (Å²) in [4.78, 5) is 14.3. The van der Waals surface area contributed by atoms with Crippen molar-refractivity contribution in [2.75, 3.05) is 63.9 Å². The van der Waals surface area contributed by atoms with Gasteiger partial charge in [0.2, 0.25) is 0 Å². The maximum atomic E-state index is 6.09. The van der Waals surface area contributed by atoms with Gasteiger partial charge in [-0.3, -0.25) is 14.8 Å². The van der Waals surface area contributed by atoms with Gasteiger partial charge in [0.1, 0.15) is 5.82 Å². The van der Waals surface area contributed by atoms with Crippen LogP contribution in [0.4, 0.5) is 5.69 Å². The summed E-state index contributed by atoms with van der Waals surface area (Å²) in [6.45, 7) is 13.9. The van der Waals surface area contributed by atoms with Gasteiger partial charge < -0.3 is 14.5 Å². The lowest BCUT2D eigenvalue weighted by Crippen LogP contribution is -2.50. The summed E-state index contributed by atoms with van der Waals surface area (Å²) in [7, 11) is 0. The Morgan fingerprint density at radius 3 is 2.79 bits per heavy atom. The van der Waals surface area contributed by atoms with Crippen molar-refractivity contribution < 1.29 is 4.74 Å². The number of hydrogen-bond donors (Lipinski definition) is 0. The number of anilines is 1. The van der Waals surface area contributed by atoms with Crippen LogP contribution in [0.25, 0.3) is 0 Å². The number of morpholine rings is 1. The SMILES string of the molecule is CC(C)N1CCO[C@H](CN2CCCN(C3=CC=CCN3c3ccncc3)CC2)C1. The molecule has 3 aliphatic heterocycles. The minimum atomic E-state index is 0.336. The number of rotatable bonds is 5. The third kappa shape index (κ3) is 5.18. The molecule has 2 saturated heterocycles. The first-order chi connectivity index (χ1) is 14.2. The van der Waals surface area contributed by atoms with Crippen LogP contribution in [0.3, 0.4) is 0 Å². The van der Waals surface area contributed by atoms with Gasteiger partial charge >= 0.3 is 0 Å². The molecule has 0 unspecified atom stereocenters. The maximum Gasteiger partial charge on any atom is 0.109 e. The first kappa shape index (κ1) is 20.4. The normalized spacial score (nSPS) is 24.7. The molecule has 29 heavy (non-hydrogen) atoms. The van der Waals surface area contributed by atoms with Crippen LogP contribution in [-0.2, 0) is 4.74 Å². The zero-order valence-corrected chi connectivity index (χ0v) is 17.9. The summed E-state index contributed by atoms with van der Waals surface area (Å²) in [5, 5.41) is 0. The molecule has 0 spiro atoms. The van der Waals surface area contributed by atoms with Gasteiger partial charge in [0.25, 0.3) is 0 Å². The predicted octanol–water partition coefficient (Wildman–Crippen LogP) is 2.42. The first-order valence-corrected chi connectivity index (χ1v) is 11.1. The Kier molecular flexibility index (Phi) is 6.85. The molecular weight excluding hydrogens is 362 g/mol. The van der Waals surface area contributed by atoms with E-state index in [1.165, 1.54) is 17.9 Å². The van der Waals surface area contributed by atoms with Gasteiger partial charge in [0.05, 0.1) is 12.7 Å². The lowest BCUT2D eigenvalue weighted by Gasteiger charge is -2.38. The lowest BCUT2D eigenvalue weighted by molar-refractivity contribution is -0.0516.